The molecule has 1 atom stereocenters. The van der Waals surface area contributed by atoms with Gasteiger partial charge in [0.25, 0.3) is 0 Å². The number of aromatic nitrogens is 1. The van der Waals surface area contributed by atoms with E-state index in [1.165, 1.54) is 0 Å². The van der Waals surface area contributed by atoms with Gasteiger partial charge in [0.2, 0.25) is 0 Å². The number of hydrogen-bond acceptors (Lipinski definition) is 5. The molecule has 0 bridgehead atoms. The van der Waals surface area contributed by atoms with Crippen LogP contribution >= 0.6 is 0 Å². The van der Waals surface area contributed by atoms with E-state index >= 15 is 0 Å². The quantitative estimate of drug-likeness (QED) is 0.900. The van der Waals surface area contributed by atoms with E-state index in [-0.39, 0.29) is 6.03 Å². The smallest absolute Gasteiger partial charge is 0.317 e. The van der Waals surface area contributed by atoms with Crippen molar-refractivity contribution in [1.82, 2.24) is 20.3 Å². The van der Waals surface area contributed by atoms with Gasteiger partial charge in [-0.3, -0.25) is 0 Å². The van der Waals surface area contributed by atoms with Gasteiger partial charge in [-0.1, -0.05) is 17.3 Å². The molecule has 0 spiro atoms. The minimum absolute atomic E-state index is 0.0698. The average Bonchev–Trinajstić information content (AvgIpc) is 3.29. The summed E-state index contributed by atoms with van der Waals surface area (Å²) in [5.74, 6) is 1.34. The summed E-state index contributed by atoms with van der Waals surface area (Å²) in [5, 5.41) is 6.98. The van der Waals surface area contributed by atoms with Gasteiger partial charge in [-0.15, -0.1) is 0 Å². The molecule has 25 heavy (non-hydrogen) atoms. The highest BCUT2D eigenvalue weighted by Crippen LogP contribution is 2.28. The molecular weight excluding hydrogens is 320 g/mol. The van der Waals surface area contributed by atoms with Crippen LogP contribution in [-0.4, -0.2) is 61.3 Å². The molecule has 1 N–H and O–H groups in total. The molecule has 2 amide bonds. The van der Waals surface area contributed by atoms with Crippen molar-refractivity contribution in [1.29, 1.82) is 0 Å². The summed E-state index contributed by atoms with van der Waals surface area (Å²) in [6.45, 7) is 1.84. The first kappa shape index (κ1) is 17.3. The molecule has 7 heteroatoms. The number of amides is 2. The van der Waals surface area contributed by atoms with Gasteiger partial charge < -0.3 is 24.4 Å². The second-order valence-electron chi connectivity index (χ2n) is 6.39. The van der Waals surface area contributed by atoms with Gasteiger partial charge in [0.15, 0.2) is 5.76 Å². The summed E-state index contributed by atoms with van der Waals surface area (Å²) >= 11 is 0. The molecular formula is C18H24N4O3. The van der Waals surface area contributed by atoms with Crippen LogP contribution < -0.4 is 10.1 Å². The summed E-state index contributed by atoms with van der Waals surface area (Å²) < 4.78 is 10.7. The number of para-hydroxylation sites is 1. The van der Waals surface area contributed by atoms with Crippen LogP contribution in [-0.2, 0) is 6.54 Å². The fourth-order valence-corrected chi connectivity index (χ4v) is 3.00. The lowest BCUT2D eigenvalue weighted by Gasteiger charge is -2.20. The molecule has 7 nitrogen and oxygen atoms in total. The van der Waals surface area contributed by atoms with Gasteiger partial charge in [0.05, 0.1) is 13.7 Å². The van der Waals surface area contributed by atoms with Crippen LogP contribution in [0.4, 0.5) is 4.79 Å². The van der Waals surface area contributed by atoms with Crippen molar-refractivity contribution in [2.75, 3.05) is 34.3 Å². The standard InChI is InChI=1S/C18H24N4O3/c1-21(2)13-8-9-22(12-13)18(23)19-11-14-10-16(20-25-14)15-6-4-5-7-17(15)24-3/h4-7,10,13H,8-9,11-12H2,1-3H3,(H,19,23)/t13-/m0/s1. The highest BCUT2D eigenvalue weighted by molar-refractivity contribution is 5.74. The van der Waals surface area contributed by atoms with Gasteiger partial charge >= 0.3 is 6.03 Å². The maximum Gasteiger partial charge on any atom is 0.317 e. The molecule has 134 valence electrons. The van der Waals surface area contributed by atoms with E-state index in [1.54, 1.807) is 7.11 Å². The number of nitrogens with zero attached hydrogens (tertiary/aromatic N) is 3. The van der Waals surface area contributed by atoms with E-state index in [4.69, 9.17) is 9.26 Å². The summed E-state index contributed by atoms with van der Waals surface area (Å²) in [4.78, 5) is 16.3. The van der Waals surface area contributed by atoms with E-state index in [1.807, 2.05) is 49.3 Å². The van der Waals surface area contributed by atoms with Crippen LogP contribution in [0.25, 0.3) is 11.3 Å². The van der Waals surface area contributed by atoms with Crippen LogP contribution in [0, 0.1) is 0 Å². The summed E-state index contributed by atoms with van der Waals surface area (Å²) in [5.41, 5.74) is 1.55. The van der Waals surface area contributed by atoms with Crippen LogP contribution in [0.15, 0.2) is 34.9 Å². The Hall–Kier alpha value is -2.54. The summed E-state index contributed by atoms with van der Waals surface area (Å²) in [7, 11) is 5.71. The monoisotopic (exact) mass is 344 g/mol. The largest absolute Gasteiger partial charge is 0.496 e. The molecule has 0 aliphatic carbocycles. The predicted octanol–water partition coefficient (Wildman–Crippen LogP) is 2.20. The molecule has 0 radical (unpaired) electrons. The number of carbonyl (C=O) groups excluding carboxylic acids is 1. The highest BCUT2D eigenvalue weighted by atomic mass is 16.5. The normalized spacial score (nSPS) is 17.1. The van der Waals surface area contributed by atoms with Crippen molar-refractivity contribution in [2.45, 2.75) is 19.0 Å². The number of rotatable bonds is 5. The minimum atomic E-state index is -0.0698. The molecule has 0 unspecified atom stereocenters. The maximum absolute atomic E-state index is 12.3. The zero-order chi connectivity index (χ0) is 17.8. The Morgan fingerprint density at radius 1 is 1.44 bits per heavy atom. The number of likely N-dealkylation sites (N-methyl/N-ethyl adjacent to an activating group) is 1. The Balaban J connectivity index is 1.58. The maximum atomic E-state index is 12.3. The first-order valence-corrected chi connectivity index (χ1v) is 8.36. The van der Waals surface area contributed by atoms with Gasteiger partial charge in [-0.05, 0) is 32.6 Å². The van der Waals surface area contributed by atoms with E-state index in [0.29, 0.717) is 24.0 Å². The first-order valence-electron chi connectivity index (χ1n) is 8.36. The molecule has 3 rings (SSSR count). The topological polar surface area (TPSA) is 70.8 Å². The Morgan fingerprint density at radius 3 is 2.96 bits per heavy atom. The van der Waals surface area contributed by atoms with Gasteiger partial charge in [-0.25, -0.2) is 4.79 Å². The van der Waals surface area contributed by atoms with Crippen LogP contribution in [0.1, 0.15) is 12.2 Å². The molecule has 1 saturated heterocycles. The predicted molar refractivity (Wildman–Crippen MR) is 94.4 cm³/mol. The number of benzene rings is 1. The molecule has 1 aliphatic rings. The fourth-order valence-electron chi connectivity index (χ4n) is 3.00. The minimum Gasteiger partial charge on any atom is -0.496 e. The van der Waals surface area contributed by atoms with Crippen LogP contribution in [0.2, 0.25) is 0 Å². The van der Waals surface area contributed by atoms with Gasteiger partial charge in [-0.2, -0.15) is 0 Å². The number of nitrogens with one attached hydrogen (secondary N) is 1. The second kappa shape index (κ2) is 7.57. The van der Waals surface area contributed by atoms with E-state index in [9.17, 15) is 4.79 Å². The Morgan fingerprint density at radius 2 is 2.24 bits per heavy atom. The number of hydrogen-bond donors (Lipinski definition) is 1. The molecule has 0 saturated carbocycles. The Kier molecular flexibility index (Phi) is 5.23. The molecule has 1 aromatic carbocycles. The third kappa shape index (κ3) is 3.93. The first-order chi connectivity index (χ1) is 12.1. The molecule has 1 aliphatic heterocycles. The van der Waals surface area contributed by atoms with Crippen molar-refractivity contribution >= 4 is 6.03 Å². The average molecular weight is 344 g/mol. The van der Waals surface area contributed by atoms with Crippen LogP contribution in [0.3, 0.4) is 0 Å². The molecule has 2 aromatic rings. The van der Waals surface area contributed by atoms with E-state index in [2.05, 4.69) is 15.4 Å². The zero-order valence-corrected chi connectivity index (χ0v) is 14.9. The summed E-state index contributed by atoms with van der Waals surface area (Å²) in [6.07, 6.45) is 1.00. The third-order valence-corrected chi connectivity index (χ3v) is 4.54. The van der Waals surface area contributed by atoms with Gasteiger partial charge in [0, 0.05) is 30.8 Å². The van der Waals surface area contributed by atoms with Crippen LogP contribution in [0.5, 0.6) is 5.75 Å². The van der Waals surface area contributed by atoms with Crippen molar-refractivity contribution in [3.05, 3.63) is 36.1 Å². The summed E-state index contributed by atoms with van der Waals surface area (Å²) in [6, 6.07) is 9.80. The number of methoxy groups -OCH3 is 1. The number of carbonyl (C=O) groups is 1. The zero-order valence-electron chi connectivity index (χ0n) is 14.9. The van der Waals surface area contributed by atoms with E-state index in [0.717, 1.165) is 30.8 Å². The lowest BCUT2D eigenvalue weighted by atomic mass is 10.1. The second-order valence-corrected chi connectivity index (χ2v) is 6.39. The lowest BCUT2D eigenvalue weighted by molar-refractivity contribution is 0.201. The van der Waals surface area contributed by atoms with Crippen molar-refractivity contribution in [3.63, 3.8) is 0 Å². The van der Waals surface area contributed by atoms with Gasteiger partial charge in [0.1, 0.15) is 11.4 Å². The number of likely N-dealkylation sites (tertiary alicyclic amines) is 1. The molecule has 1 fully saturated rings. The van der Waals surface area contributed by atoms with Crippen molar-refractivity contribution < 1.29 is 14.1 Å². The highest BCUT2D eigenvalue weighted by Gasteiger charge is 2.27. The van der Waals surface area contributed by atoms with E-state index < -0.39 is 0 Å². The molecule has 1 aromatic heterocycles. The Bertz CT molecular complexity index is 729. The lowest BCUT2D eigenvalue weighted by Crippen LogP contribution is -2.40. The Labute approximate surface area is 147 Å². The molecule has 2 heterocycles. The third-order valence-electron chi connectivity index (χ3n) is 4.54. The van der Waals surface area contributed by atoms with Crippen molar-refractivity contribution in [2.24, 2.45) is 0 Å². The number of urea groups is 1. The SMILES string of the molecule is COc1ccccc1-c1cc(CNC(=O)N2CC[C@H](N(C)C)C2)on1. The van der Waals surface area contributed by atoms with Crippen molar-refractivity contribution in [3.8, 4) is 17.0 Å². The fraction of sp³-hybridized carbons (Fsp3) is 0.444. The number of ether oxygens (including phenoxy) is 1.